The van der Waals surface area contributed by atoms with E-state index in [1.165, 1.54) is 0 Å². The maximum Gasteiger partial charge on any atom is 0.291 e. The van der Waals surface area contributed by atoms with E-state index in [1.807, 2.05) is 34.9 Å². The number of anilines is 2. The predicted octanol–water partition coefficient (Wildman–Crippen LogP) is 3.73. The number of carbonyl (C=O) groups excluding carboxylic acids is 2. The molecule has 2 aromatic carbocycles. The molecule has 0 saturated heterocycles. The molecule has 2 N–H and O–H groups in total. The fourth-order valence-corrected chi connectivity index (χ4v) is 3.47. The standard InChI is InChI=1S/C22H22N4O3/c1-29-17-12-10-16(11-13-17)24-22(28)20-25-19(18-9-5-6-14-26(18)20)21(27)23-15-7-3-2-4-8-15/h2-4,7-8,10-13H,5-6,9,14H2,1H3,(H,23,27)(H,24,28). The molecule has 0 atom stereocenters. The Balaban J connectivity index is 1.60. The third-order valence-corrected chi connectivity index (χ3v) is 4.92. The lowest BCUT2D eigenvalue weighted by molar-refractivity contribution is 0.101. The van der Waals surface area contributed by atoms with Crippen molar-refractivity contribution in [1.29, 1.82) is 0 Å². The van der Waals surface area contributed by atoms with Gasteiger partial charge < -0.3 is 19.9 Å². The van der Waals surface area contributed by atoms with E-state index in [0.29, 0.717) is 29.4 Å². The molecule has 1 aliphatic heterocycles. The number of para-hydroxylation sites is 1. The van der Waals surface area contributed by atoms with Gasteiger partial charge in [0.05, 0.1) is 12.8 Å². The molecule has 0 spiro atoms. The Kier molecular flexibility index (Phi) is 5.29. The lowest BCUT2D eigenvalue weighted by Gasteiger charge is -2.17. The first-order chi connectivity index (χ1) is 14.2. The van der Waals surface area contributed by atoms with Crippen LogP contribution in [0.3, 0.4) is 0 Å². The second-order valence-corrected chi connectivity index (χ2v) is 6.84. The molecule has 1 aromatic heterocycles. The number of benzene rings is 2. The van der Waals surface area contributed by atoms with Gasteiger partial charge in [0.2, 0.25) is 0 Å². The van der Waals surface area contributed by atoms with Crippen molar-refractivity contribution in [3.63, 3.8) is 0 Å². The van der Waals surface area contributed by atoms with Crippen LogP contribution in [-0.2, 0) is 13.0 Å². The summed E-state index contributed by atoms with van der Waals surface area (Å²) in [6.07, 6.45) is 2.64. The molecule has 0 saturated carbocycles. The Morgan fingerprint density at radius 1 is 0.931 bits per heavy atom. The molecule has 0 aliphatic carbocycles. The van der Waals surface area contributed by atoms with Crippen LogP contribution in [0.2, 0.25) is 0 Å². The van der Waals surface area contributed by atoms with E-state index in [9.17, 15) is 9.59 Å². The zero-order valence-electron chi connectivity index (χ0n) is 16.1. The topological polar surface area (TPSA) is 85.2 Å². The summed E-state index contributed by atoms with van der Waals surface area (Å²) in [5, 5.41) is 5.71. The summed E-state index contributed by atoms with van der Waals surface area (Å²) < 4.78 is 7.00. The average Bonchev–Trinajstić information content (AvgIpc) is 3.15. The highest BCUT2D eigenvalue weighted by Crippen LogP contribution is 2.23. The number of fused-ring (bicyclic) bond motifs is 1. The molecule has 0 bridgehead atoms. The normalized spacial score (nSPS) is 12.7. The van der Waals surface area contributed by atoms with Crippen LogP contribution in [0.5, 0.6) is 5.75 Å². The summed E-state index contributed by atoms with van der Waals surface area (Å²) >= 11 is 0. The Morgan fingerprint density at radius 3 is 2.34 bits per heavy atom. The first kappa shape index (κ1) is 18.7. The Morgan fingerprint density at radius 2 is 1.62 bits per heavy atom. The lowest BCUT2D eigenvalue weighted by Crippen LogP contribution is -2.21. The van der Waals surface area contributed by atoms with E-state index < -0.39 is 0 Å². The van der Waals surface area contributed by atoms with Crippen LogP contribution in [0.15, 0.2) is 54.6 Å². The lowest BCUT2D eigenvalue weighted by atomic mass is 10.1. The minimum atomic E-state index is -0.336. The maximum absolute atomic E-state index is 12.9. The van der Waals surface area contributed by atoms with E-state index in [1.54, 1.807) is 31.4 Å². The molecule has 148 valence electrons. The molecule has 3 aromatic rings. The Bertz CT molecular complexity index is 1030. The van der Waals surface area contributed by atoms with Crippen LogP contribution >= 0.6 is 0 Å². The van der Waals surface area contributed by atoms with Gasteiger partial charge in [-0.25, -0.2) is 4.98 Å². The van der Waals surface area contributed by atoms with Gasteiger partial charge in [-0.1, -0.05) is 18.2 Å². The summed E-state index contributed by atoms with van der Waals surface area (Å²) in [6, 6.07) is 16.3. The molecule has 7 heteroatoms. The second kappa shape index (κ2) is 8.18. The molecule has 0 radical (unpaired) electrons. The van der Waals surface area contributed by atoms with Crippen molar-refractivity contribution < 1.29 is 14.3 Å². The molecule has 1 aliphatic rings. The number of methoxy groups -OCH3 is 1. The quantitative estimate of drug-likeness (QED) is 0.695. The van der Waals surface area contributed by atoms with E-state index >= 15 is 0 Å². The number of hydrogen-bond donors (Lipinski definition) is 2. The van der Waals surface area contributed by atoms with Crippen LogP contribution < -0.4 is 15.4 Å². The van der Waals surface area contributed by atoms with Crippen molar-refractivity contribution in [3.05, 3.63) is 71.8 Å². The summed E-state index contributed by atoms with van der Waals surface area (Å²) in [7, 11) is 1.59. The van der Waals surface area contributed by atoms with Gasteiger partial charge in [0.1, 0.15) is 5.75 Å². The van der Waals surface area contributed by atoms with E-state index in [0.717, 1.165) is 25.0 Å². The molecule has 2 heterocycles. The number of ether oxygens (including phenoxy) is 1. The molecule has 4 rings (SSSR count). The zero-order chi connectivity index (χ0) is 20.2. The Hall–Kier alpha value is -3.61. The van der Waals surface area contributed by atoms with E-state index in [2.05, 4.69) is 15.6 Å². The van der Waals surface area contributed by atoms with Crippen molar-refractivity contribution in [2.75, 3.05) is 17.7 Å². The van der Waals surface area contributed by atoms with Crippen LogP contribution in [0, 0.1) is 0 Å². The van der Waals surface area contributed by atoms with Crippen molar-refractivity contribution in [1.82, 2.24) is 9.55 Å². The molecule has 0 fully saturated rings. The maximum atomic E-state index is 12.9. The van der Waals surface area contributed by atoms with Crippen molar-refractivity contribution >= 4 is 23.2 Å². The van der Waals surface area contributed by atoms with Gasteiger partial charge in [-0.2, -0.15) is 0 Å². The highest BCUT2D eigenvalue weighted by Gasteiger charge is 2.27. The van der Waals surface area contributed by atoms with Crippen molar-refractivity contribution in [3.8, 4) is 5.75 Å². The first-order valence-electron chi connectivity index (χ1n) is 9.57. The van der Waals surface area contributed by atoms with Gasteiger partial charge in [-0.05, 0) is 55.7 Å². The molecule has 0 unspecified atom stereocenters. The minimum Gasteiger partial charge on any atom is -0.497 e. The van der Waals surface area contributed by atoms with Gasteiger partial charge in [0.15, 0.2) is 11.5 Å². The predicted molar refractivity (Wildman–Crippen MR) is 111 cm³/mol. The van der Waals surface area contributed by atoms with Crippen LogP contribution in [0.1, 0.15) is 39.6 Å². The third-order valence-electron chi connectivity index (χ3n) is 4.92. The van der Waals surface area contributed by atoms with Crippen LogP contribution in [0.25, 0.3) is 0 Å². The summed E-state index contributed by atoms with van der Waals surface area (Å²) in [4.78, 5) is 30.1. The monoisotopic (exact) mass is 390 g/mol. The molecule has 7 nitrogen and oxygen atoms in total. The zero-order valence-corrected chi connectivity index (χ0v) is 16.1. The van der Waals surface area contributed by atoms with Gasteiger partial charge in [0, 0.05) is 17.9 Å². The smallest absolute Gasteiger partial charge is 0.291 e. The number of hydrogen-bond acceptors (Lipinski definition) is 4. The van der Waals surface area contributed by atoms with Gasteiger partial charge in [-0.3, -0.25) is 9.59 Å². The second-order valence-electron chi connectivity index (χ2n) is 6.84. The number of aromatic nitrogens is 2. The fraction of sp³-hybridized carbons (Fsp3) is 0.227. The molecular weight excluding hydrogens is 368 g/mol. The number of rotatable bonds is 5. The average molecular weight is 390 g/mol. The highest BCUT2D eigenvalue weighted by molar-refractivity contribution is 6.07. The molecule has 29 heavy (non-hydrogen) atoms. The Labute approximate surface area is 168 Å². The van der Waals surface area contributed by atoms with Crippen LogP contribution in [0.4, 0.5) is 11.4 Å². The third kappa shape index (κ3) is 3.99. The summed E-state index contributed by atoms with van der Waals surface area (Å²) in [6.45, 7) is 0.673. The number of amides is 2. The SMILES string of the molecule is COc1ccc(NC(=O)c2nc(C(=O)Nc3ccccc3)c3n2CCCC3)cc1. The minimum absolute atomic E-state index is 0.258. The van der Waals surface area contributed by atoms with Crippen molar-refractivity contribution in [2.45, 2.75) is 25.8 Å². The largest absolute Gasteiger partial charge is 0.497 e. The fourth-order valence-electron chi connectivity index (χ4n) is 3.47. The number of carbonyl (C=O) groups is 2. The van der Waals surface area contributed by atoms with E-state index in [4.69, 9.17) is 4.74 Å². The number of nitrogens with one attached hydrogen (secondary N) is 2. The molecular formula is C22H22N4O3. The van der Waals surface area contributed by atoms with E-state index in [-0.39, 0.29) is 17.6 Å². The van der Waals surface area contributed by atoms with Gasteiger partial charge >= 0.3 is 0 Å². The highest BCUT2D eigenvalue weighted by atomic mass is 16.5. The van der Waals surface area contributed by atoms with Gasteiger partial charge in [0.25, 0.3) is 11.8 Å². The summed E-state index contributed by atoms with van der Waals surface area (Å²) in [5.74, 6) is 0.331. The first-order valence-corrected chi connectivity index (χ1v) is 9.57. The molecule has 2 amide bonds. The van der Waals surface area contributed by atoms with Gasteiger partial charge in [-0.15, -0.1) is 0 Å². The summed E-state index contributed by atoms with van der Waals surface area (Å²) in [5.41, 5.74) is 2.46. The number of nitrogens with zero attached hydrogens (tertiary/aromatic N) is 2. The van der Waals surface area contributed by atoms with Crippen molar-refractivity contribution in [2.24, 2.45) is 0 Å². The number of imidazole rings is 1. The van der Waals surface area contributed by atoms with Crippen LogP contribution in [-0.4, -0.2) is 28.5 Å².